The first-order valence-corrected chi connectivity index (χ1v) is 6.92. The second-order valence-corrected chi connectivity index (χ2v) is 4.64. The third kappa shape index (κ3) is 2.88. The maximum atomic E-state index is 11.8. The van der Waals surface area contributed by atoms with E-state index in [1.807, 2.05) is 41.2 Å². The Morgan fingerprint density at radius 3 is 2.77 bits per heavy atom. The van der Waals surface area contributed by atoms with Gasteiger partial charge in [-0.05, 0) is 18.6 Å². The third-order valence-electron chi connectivity index (χ3n) is 3.15. The van der Waals surface area contributed by atoms with E-state index < -0.39 is 5.97 Å². The first-order chi connectivity index (χ1) is 10.8. The van der Waals surface area contributed by atoms with Crippen molar-refractivity contribution in [3.05, 3.63) is 54.0 Å². The molecule has 7 heteroatoms. The molecule has 1 N–H and O–H groups in total. The summed E-state index contributed by atoms with van der Waals surface area (Å²) in [4.78, 5) is 11.8. The minimum absolute atomic E-state index is 0.196. The smallest absolute Gasteiger partial charge is 0.361 e. The molecule has 3 aromatic rings. The van der Waals surface area contributed by atoms with Crippen LogP contribution in [0.3, 0.4) is 0 Å². The molecule has 22 heavy (non-hydrogen) atoms. The van der Waals surface area contributed by atoms with Crippen LogP contribution in [0.2, 0.25) is 0 Å². The third-order valence-corrected chi connectivity index (χ3v) is 3.15. The van der Waals surface area contributed by atoms with Crippen LogP contribution < -0.4 is 0 Å². The van der Waals surface area contributed by atoms with Crippen molar-refractivity contribution in [3.8, 4) is 11.3 Å². The molecule has 0 saturated carbocycles. The summed E-state index contributed by atoms with van der Waals surface area (Å²) in [5.41, 5.74) is 2.60. The molecule has 0 aliphatic rings. The minimum Gasteiger partial charge on any atom is -0.461 e. The lowest BCUT2D eigenvalue weighted by Gasteiger charge is -2.04. The Bertz CT molecular complexity index is 747. The lowest BCUT2D eigenvalue weighted by atomic mass is 10.1. The van der Waals surface area contributed by atoms with Crippen molar-refractivity contribution >= 4 is 5.97 Å². The number of aromatic nitrogens is 5. The van der Waals surface area contributed by atoms with Gasteiger partial charge in [-0.1, -0.05) is 24.3 Å². The van der Waals surface area contributed by atoms with Gasteiger partial charge in [0.2, 0.25) is 0 Å². The zero-order chi connectivity index (χ0) is 15.4. The van der Waals surface area contributed by atoms with Gasteiger partial charge in [-0.25, -0.2) is 4.79 Å². The molecule has 0 aliphatic heterocycles. The van der Waals surface area contributed by atoms with Gasteiger partial charge in [-0.2, -0.15) is 15.4 Å². The fourth-order valence-electron chi connectivity index (χ4n) is 2.12. The van der Waals surface area contributed by atoms with Crippen LogP contribution in [0.25, 0.3) is 11.3 Å². The van der Waals surface area contributed by atoms with Crippen molar-refractivity contribution in [3.63, 3.8) is 0 Å². The SMILES string of the molecule is CCOC(=O)c1n[nH]nc1-c1ccc(Cn2cccn2)cc1. The minimum atomic E-state index is -0.480. The Kier molecular flexibility index (Phi) is 3.95. The van der Waals surface area contributed by atoms with Crippen LogP contribution in [0, 0.1) is 0 Å². The highest BCUT2D eigenvalue weighted by Crippen LogP contribution is 2.21. The number of nitrogens with zero attached hydrogens (tertiary/aromatic N) is 4. The van der Waals surface area contributed by atoms with Gasteiger partial charge in [-0.3, -0.25) is 4.68 Å². The summed E-state index contributed by atoms with van der Waals surface area (Å²) in [5.74, 6) is -0.480. The molecule has 112 valence electrons. The highest BCUT2D eigenvalue weighted by molar-refractivity contribution is 5.93. The Hall–Kier alpha value is -2.96. The van der Waals surface area contributed by atoms with E-state index in [1.54, 1.807) is 13.1 Å². The number of H-pyrrole nitrogens is 1. The summed E-state index contributed by atoms with van der Waals surface area (Å²) in [7, 11) is 0. The lowest BCUT2D eigenvalue weighted by Crippen LogP contribution is -2.06. The molecule has 0 saturated heterocycles. The predicted molar refractivity (Wildman–Crippen MR) is 79.1 cm³/mol. The van der Waals surface area contributed by atoms with E-state index in [4.69, 9.17) is 4.74 Å². The van der Waals surface area contributed by atoms with Crippen molar-refractivity contribution < 1.29 is 9.53 Å². The Balaban J connectivity index is 1.81. The number of nitrogens with one attached hydrogen (secondary N) is 1. The van der Waals surface area contributed by atoms with E-state index in [-0.39, 0.29) is 5.69 Å². The van der Waals surface area contributed by atoms with Gasteiger partial charge >= 0.3 is 5.97 Å². The average molecular weight is 297 g/mol. The Labute approximate surface area is 126 Å². The van der Waals surface area contributed by atoms with E-state index in [0.29, 0.717) is 18.8 Å². The molecule has 2 heterocycles. The fourth-order valence-corrected chi connectivity index (χ4v) is 2.12. The van der Waals surface area contributed by atoms with E-state index in [2.05, 4.69) is 20.5 Å². The second-order valence-electron chi connectivity index (χ2n) is 4.64. The van der Waals surface area contributed by atoms with E-state index in [0.717, 1.165) is 11.1 Å². The monoisotopic (exact) mass is 297 g/mol. The van der Waals surface area contributed by atoms with Crippen molar-refractivity contribution in [2.75, 3.05) is 6.61 Å². The topological polar surface area (TPSA) is 85.7 Å². The predicted octanol–water partition coefficient (Wildman–Crippen LogP) is 1.89. The van der Waals surface area contributed by atoms with Crippen molar-refractivity contribution in [2.45, 2.75) is 13.5 Å². The van der Waals surface area contributed by atoms with Crippen LogP contribution in [0.15, 0.2) is 42.7 Å². The first kappa shape index (κ1) is 14.0. The zero-order valence-corrected chi connectivity index (χ0v) is 12.1. The number of ether oxygens (including phenoxy) is 1. The summed E-state index contributed by atoms with van der Waals surface area (Å²) < 4.78 is 6.81. The molecule has 0 atom stereocenters. The number of hydrogen-bond donors (Lipinski definition) is 1. The largest absolute Gasteiger partial charge is 0.461 e. The number of hydrogen-bond acceptors (Lipinski definition) is 5. The van der Waals surface area contributed by atoms with Gasteiger partial charge in [0, 0.05) is 18.0 Å². The molecule has 0 fully saturated rings. The summed E-state index contributed by atoms with van der Waals surface area (Å²) in [6.45, 7) is 2.74. The number of carbonyl (C=O) groups is 1. The molecule has 0 amide bonds. The molecule has 7 nitrogen and oxygen atoms in total. The molecule has 0 unspecified atom stereocenters. The van der Waals surface area contributed by atoms with Gasteiger partial charge in [-0.15, -0.1) is 5.10 Å². The number of benzene rings is 1. The number of esters is 1. The van der Waals surface area contributed by atoms with Gasteiger partial charge in [0.25, 0.3) is 0 Å². The molecule has 1 aromatic carbocycles. The van der Waals surface area contributed by atoms with Gasteiger partial charge < -0.3 is 4.74 Å². The van der Waals surface area contributed by atoms with Crippen molar-refractivity contribution in [1.82, 2.24) is 25.2 Å². The van der Waals surface area contributed by atoms with Crippen LogP contribution in [-0.2, 0) is 11.3 Å². The zero-order valence-electron chi connectivity index (χ0n) is 12.1. The molecule has 0 aliphatic carbocycles. The fraction of sp³-hybridized carbons (Fsp3) is 0.200. The van der Waals surface area contributed by atoms with Crippen LogP contribution in [0.5, 0.6) is 0 Å². The highest BCUT2D eigenvalue weighted by Gasteiger charge is 2.18. The molecule has 0 bridgehead atoms. The van der Waals surface area contributed by atoms with Crippen LogP contribution >= 0.6 is 0 Å². The van der Waals surface area contributed by atoms with Gasteiger partial charge in [0.15, 0.2) is 5.69 Å². The standard InChI is InChI=1S/C15H15N5O2/c1-2-22-15(21)14-13(17-19-18-14)12-6-4-11(5-7-12)10-20-9-3-8-16-20/h3-9H,2,10H2,1H3,(H,17,18,19). The second kappa shape index (κ2) is 6.21. The first-order valence-electron chi connectivity index (χ1n) is 6.92. The Morgan fingerprint density at radius 2 is 2.09 bits per heavy atom. The molecule has 2 aromatic heterocycles. The van der Waals surface area contributed by atoms with Gasteiger partial charge in [0.1, 0.15) is 5.69 Å². The van der Waals surface area contributed by atoms with Crippen LogP contribution in [0.1, 0.15) is 23.0 Å². The number of aromatic amines is 1. The summed E-state index contributed by atoms with van der Waals surface area (Å²) in [6, 6.07) is 9.63. The quantitative estimate of drug-likeness (QED) is 0.727. The normalized spacial score (nSPS) is 10.6. The van der Waals surface area contributed by atoms with Crippen LogP contribution in [-0.4, -0.2) is 37.8 Å². The molecule has 0 spiro atoms. The molecule has 3 rings (SSSR count). The maximum Gasteiger partial charge on any atom is 0.361 e. The van der Waals surface area contributed by atoms with Gasteiger partial charge in [0.05, 0.1) is 13.2 Å². The van der Waals surface area contributed by atoms with Crippen molar-refractivity contribution in [2.24, 2.45) is 0 Å². The van der Waals surface area contributed by atoms with E-state index in [9.17, 15) is 4.79 Å². The van der Waals surface area contributed by atoms with Crippen molar-refractivity contribution in [1.29, 1.82) is 0 Å². The number of rotatable bonds is 5. The highest BCUT2D eigenvalue weighted by atomic mass is 16.5. The lowest BCUT2D eigenvalue weighted by molar-refractivity contribution is 0.0520. The number of carbonyl (C=O) groups excluding carboxylic acids is 1. The average Bonchev–Trinajstić information content (AvgIpc) is 3.19. The molecular formula is C15H15N5O2. The molecular weight excluding hydrogens is 282 g/mol. The van der Waals surface area contributed by atoms with Crippen LogP contribution in [0.4, 0.5) is 0 Å². The Morgan fingerprint density at radius 1 is 1.27 bits per heavy atom. The van der Waals surface area contributed by atoms with E-state index in [1.165, 1.54) is 0 Å². The maximum absolute atomic E-state index is 11.8. The molecule has 0 radical (unpaired) electrons. The van der Waals surface area contributed by atoms with E-state index >= 15 is 0 Å². The summed E-state index contributed by atoms with van der Waals surface area (Å²) in [6.07, 6.45) is 3.65. The summed E-state index contributed by atoms with van der Waals surface area (Å²) >= 11 is 0. The summed E-state index contributed by atoms with van der Waals surface area (Å²) in [5, 5.41) is 14.6.